The SMILES string of the molecule is CCCn1c(-c2cccc([N+](=O)[O-])c2)ccc(CC#N)c1=O. The van der Waals surface area contributed by atoms with E-state index in [1.165, 1.54) is 12.1 Å². The third-order valence-electron chi connectivity index (χ3n) is 3.32. The number of hydrogen-bond acceptors (Lipinski definition) is 4. The highest BCUT2D eigenvalue weighted by Crippen LogP contribution is 2.23. The molecule has 0 unspecified atom stereocenters. The van der Waals surface area contributed by atoms with Crippen LogP contribution in [0.4, 0.5) is 5.69 Å². The minimum absolute atomic E-state index is 0.0194. The van der Waals surface area contributed by atoms with E-state index in [-0.39, 0.29) is 17.7 Å². The largest absolute Gasteiger partial charge is 0.308 e. The van der Waals surface area contributed by atoms with Gasteiger partial charge in [-0.2, -0.15) is 5.26 Å². The highest BCUT2D eigenvalue weighted by atomic mass is 16.6. The van der Waals surface area contributed by atoms with Gasteiger partial charge in [-0.05, 0) is 12.5 Å². The first-order valence-electron chi connectivity index (χ1n) is 6.93. The molecule has 0 atom stereocenters. The summed E-state index contributed by atoms with van der Waals surface area (Å²) in [5.41, 5.74) is 1.44. The molecule has 0 fully saturated rings. The number of pyridine rings is 1. The van der Waals surface area contributed by atoms with Crippen molar-refractivity contribution >= 4 is 5.69 Å². The highest BCUT2D eigenvalue weighted by Gasteiger charge is 2.13. The van der Waals surface area contributed by atoms with Crippen LogP contribution in [0.25, 0.3) is 11.3 Å². The number of aromatic nitrogens is 1. The molecule has 0 aliphatic carbocycles. The van der Waals surface area contributed by atoms with Gasteiger partial charge in [0.25, 0.3) is 11.2 Å². The molecule has 1 aromatic heterocycles. The molecule has 0 amide bonds. The topological polar surface area (TPSA) is 88.9 Å². The fourth-order valence-corrected chi connectivity index (χ4v) is 2.32. The molecule has 6 nitrogen and oxygen atoms in total. The van der Waals surface area contributed by atoms with Gasteiger partial charge in [0.1, 0.15) is 0 Å². The van der Waals surface area contributed by atoms with Gasteiger partial charge in [-0.25, -0.2) is 0 Å². The zero-order valence-corrected chi connectivity index (χ0v) is 12.2. The lowest BCUT2D eigenvalue weighted by Gasteiger charge is -2.13. The molecule has 0 saturated heterocycles. The van der Waals surface area contributed by atoms with Gasteiger partial charge in [0.2, 0.25) is 0 Å². The molecule has 0 spiro atoms. The number of nitro groups is 1. The predicted octanol–water partition coefficient (Wildman–Crippen LogP) is 2.90. The lowest BCUT2D eigenvalue weighted by Crippen LogP contribution is -2.24. The van der Waals surface area contributed by atoms with Crippen LogP contribution in [-0.4, -0.2) is 9.49 Å². The summed E-state index contributed by atoms with van der Waals surface area (Å²) in [4.78, 5) is 22.9. The number of nitriles is 1. The molecule has 0 saturated carbocycles. The van der Waals surface area contributed by atoms with Crippen molar-refractivity contribution in [3.05, 3.63) is 62.4 Å². The van der Waals surface area contributed by atoms with E-state index >= 15 is 0 Å². The standard InChI is InChI=1S/C16H15N3O3/c1-2-10-18-15(7-6-12(8-9-17)16(18)20)13-4-3-5-14(11-13)19(21)22/h3-7,11H,2,8,10H2,1H3. The molecule has 0 aliphatic rings. The fraction of sp³-hybridized carbons (Fsp3) is 0.250. The summed E-state index contributed by atoms with van der Waals surface area (Å²) in [5.74, 6) is 0. The van der Waals surface area contributed by atoms with E-state index in [0.717, 1.165) is 6.42 Å². The number of nitro benzene ring substituents is 1. The van der Waals surface area contributed by atoms with Gasteiger partial charge < -0.3 is 4.57 Å². The van der Waals surface area contributed by atoms with Crippen molar-refractivity contribution < 1.29 is 4.92 Å². The number of non-ortho nitro benzene ring substituents is 1. The van der Waals surface area contributed by atoms with Crippen molar-refractivity contribution in [2.24, 2.45) is 0 Å². The van der Waals surface area contributed by atoms with E-state index in [9.17, 15) is 14.9 Å². The van der Waals surface area contributed by atoms with Crippen LogP contribution >= 0.6 is 0 Å². The molecule has 0 bridgehead atoms. The Hall–Kier alpha value is -2.94. The molecule has 2 aromatic rings. The van der Waals surface area contributed by atoms with Crippen LogP contribution < -0.4 is 5.56 Å². The molecule has 1 aromatic carbocycles. The summed E-state index contributed by atoms with van der Waals surface area (Å²) in [7, 11) is 0. The van der Waals surface area contributed by atoms with Gasteiger partial charge in [0.05, 0.1) is 23.1 Å². The van der Waals surface area contributed by atoms with Crippen LogP contribution in [-0.2, 0) is 13.0 Å². The van der Waals surface area contributed by atoms with Crippen molar-refractivity contribution in [2.45, 2.75) is 26.3 Å². The van der Waals surface area contributed by atoms with Crippen molar-refractivity contribution in [1.82, 2.24) is 4.57 Å². The first-order valence-corrected chi connectivity index (χ1v) is 6.93. The summed E-state index contributed by atoms with van der Waals surface area (Å²) in [5, 5.41) is 19.7. The van der Waals surface area contributed by atoms with Crippen LogP contribution in [0.15, 0.2) is 41.2 Å². The summed E-state index contributed by atoms with van der Waals surface area (Å²) in [6.45, 7) is 2.44. The normalized spacial score (nSPS) is 10.2. The van der Waals surface area contributed by atoms with E-state index in [4.69, 9.17) is 5.26 Å². The van der Waals surface area contributed by atoms with Crippen LogP contribution in [0.3, 0.4) is 0 Å². The van der Waals surface area contributed by atoms with Crippen LogP contribution in [0.2, 0.25) is 0 Å². The number of hydrogen-bond donors (Lipinski definition) is 0. The van der Waals surface area contributed by atoms with Crippen molar-refractivity contribution in [1.29, 1.82) is 5.26 Å². The number of rotatable bonds is 5. The Kier molecular flexibility index (Phi) is 4.69. The van der Waals surface area contributed by atoms with E-state index in [0.29, 0.717) is 23.4 Å². The molecule has 0 aliphatic heterocycles. The monoisotopic (exact) mass is 297 g/mol. The molecular weight excluding hydrogens is 282 g/mol. The second-order valence-electron chi connectivity index (χ2n) is 4.84. The summed E-state index contributed by atoms with van der Waals surface area (Å²) < 4.78 is 1.58. The van der Waals surface area contributed by atoms with Gasteiger partial charge in [0, 0.05) is 29.8 Å². The van der Waals surface area contributed by atoms with E-state index in [1.807, 2.05) is 13.0 Å². The molecular formula is C16H15N3O3. The second-order valence-corrected chi connectivity index (χ2v) is 4.84. The first kappa shape index (κ1) is 15.4. The van der Waals surface area contributed by atoms with Gasteiger partial charge in [-0.15, -0.1) is 0 Å². The minimum atomic E-state index is -0.462. The van der Waals surface area contributed by atoms with Crippen LogP contribution in [0.1, 0.15) is 18.9 Å². The Bertz CT molecular complexity index is 803. The molecule has 0 N–H and O–H groups in total. The quantitative estimate of drug-likeness (QED) is 0.627. The molecule has 112 valence electrons. The van der Waals surface area contributed by atoms with E-state index in [1.54, 1.807) is 28.8 Å². The Morgan fingerprint density at radius 1 is 1.32 bits per heavy atom. The number of nitrogens with zero attached hydrogens (tertiary/aromatic N) is 3. The Balaban J connectivity index is 2.62. The van der Waals surface area contributed by atoms with Gasteiger partial charge in [-0.1, -0.05) is 25.1 Å². The average Bonchev–Trinajstić information content (AvgIpc) is 2.52. The van der Waals surface area contributed by atoms with Crippen molar-refractivity contribution in [3.8, 4) is 17.3 Å². The maximum atomic E-state index is 12.4. The molecule has 2 rings (SSSR count). The van der Waals surface area contributed by atoms with Gasteiger partial charge in [-0.3, -0.25) is 14.9 Å². The third kappa shape index (κ3) is 3.04. The van der Waals surface area contributed by atoms with Gasteiger partial charge >= 0.3 is 0 Å². The fourth-order valence-electron chi connectivity index (χ4n) is 2.32. The van der Waals surface area contributed by atoms with E-state index in [2.05, 4.69) is 0 Å². The second kappa shape index (κ2) is 6.68. The smallest absolute Gasteiger partial charge is 0.270 e. The minimum Gasteiger partial charge on any atom is -0.308 e. The molecule has 22 heavy (non-hydrogen) atoms. The zero-order valence-electron chi connectivity index (χ0n) is 12.2. The average molecular weight is 297 g/mol. The van der Waals surface area contributed by atoms with E-state index < -0.39 is 4.92 Å². The summed E-state index contributed by atoms with van der Waals surface area (Å²) in [6.07, 6.45) is 0.801. The Morgan fingerprint density at radius 2 is 2.09 bits per heavy atom. The zero-order chi connectivity index (χ0) is 16.1. The van der Waals surface area contributed by atoms with Crippen LogP contribution in [0, 0.1) is 21.4 Å². The lowest BCUT2D eigenvalue weighted by atomic mass is 10.1. The van der Waals surface area contributed by atoms with Crippen molar-refractivity contribution in [3.63, 3.8) is 0 Å². The highest BCUT2D eigenvalue weighted by molar-refractivity contribution is 5.63. The predicted molar refractivity (Wildman–Crippen MR) is 82.4 cm³/mol. The Morgan fingerprint density at radius 3 is 2.73 bits per heavy atom. The summed E-state index contributed by atoms with van der Waals surface area (Å²) >= 11 is 0. The number of benzene rings is 1. The first-order chi connectivity index (χ1) is 10.6. The molecule has 0 radical (unpaired) electrons. The molecule has 6 heteroatoms. The van der Waals surface area contributed by atoms with Gasteiger partial charge in [0.15, 0.2) is 0 Å². The third-order valence-corrected chi connectivity index (χ3v) is 3.32. The lowest BCUT2D eigenvalue weighted by molar-refractivity contribution is -0.384. The van der Waals surface area contributed by atoms with Crippen molar-refractivity contribution in [2.75, 3.05) is 0 Å². The Labute approximate surface area is 127 Å². The maximum absolute atomic E-state index is 12.4. The summed E-state index contributed by atoms with van der Waals surface area (Å²) in [6, 6.07) is 11.5. The maximum Gasteiger partial charge on any atom is 0.270 e. The molecule has 1 heterocycles. The van der Waals surface area contributed by atoms with Crippen LogP contribution in [0.5, 0.6) is 0 Å².